The van der Waals surface area contributed by atoms with Crippen LogP contribution in [-0.4, -0.2) is 34.7 Å². The molecule has 1 aliphatic rings. The zero-order chi connectivity index (χ0) is 14.0. The average Bonchev–Trinajstić information content (AvgIpc) is 2.33. The van der Waals surface area contributed by atoms with E-state index >= 15 is 0 Å². The third-order valence-electron chi connectivity index (χ3n) is 3.29. The fourth-order valence-corrected chi connectivity index (χ4v) is 2.03. The maximum Gasteiger partial charge on any atom is 0.333 e. The number of aliphatic carboxylic acids is 1. The summed E-state index contributed by atoms with van der Waals surface area (Å²) in [5, 5.41) is 18.6. The number of rotatable bonds is 3. The number of aryl methyl sites for hydroxylation is 2. The number of benzene rings is 1. The lowest BCUT2D eigenvalue weighted by Crippen LogP contribution is -2.42. The lowest BCUT2D eigenvalue weighted by Gasteiger charge is -2.31. The molecule has 0 radical (unpaired) electrons. The molecule has 0 aromatic heterocycles. The van der Waals surface area contributed by atoms with E-state index in [0.717, 1.165) is 11.1 Å². The molecule has 1 saturated heterocycles. The second kappa shape index (κ2) is 5.59. The van der Waals surface area contributed by atoms with E-state index in [0.29, 0.717) is 5.75 Å². The van der Waals surface area contributed by atoms with Crippen LogP contribution in [0.15, 0.2) is 18.2 Å². The highest BCUT2D eigenvalue weighted by Gasteiger charge is 2.33. The van der Waals surface area contributed by atoms with Crippen molar-refractivity contribution >= 4 is 5.97 Å². The minimum Gasteiger partial charge on any atom is -0.479 e. The zero-order valence-corrected chi connectivity index (χ0v) is 11.0. The Morgan fingerprint density at radius 3 is 2.68 bits per heavy atom. The second-order valence-corrected chi connectivity index (χ2v) is 4.88. The number of carboxylic acid groups (broad SMARTS) is 1. The second-order valence-electron chi connectivity index (χ2n) is 4.88. The number of aliphatic hydroxyl groups is 1. The van der Waals surface area contributed by atoms with Crippen molar-refractivity contribution in [3.63, 3.8) is 0 Å². The smallest absolute Gasteiger partial charge is 0.333 e. The summed E-state index contributed by atoms with van der Waals surface area (Å²) in [6.45, 7) is 3.97. The van der Waals surface area contributed by atoms with Crippen LogP contribution in [0.4, 0.5) is 0 Å². The van der Waals surface area contributed by atoms with Gasteiger partial charge in [-0.1, -0.05) is 6.07 Å². The van der Waals surface area contributed by atoms with E-state index < -0.39 is 24.5 Å². The fourth-order valence-electron chi connectivity index (χ4n) is 2.03. The first-order chi connectivity index (χ1) is 8.95. The molecular weight excluding hydrogens is 248 g/mol. The lowest BCUT2D eigenvalue weighted by atomic mass is 10.1. The van der Waals surface area contributed by atoms with Crippen molar-refractivity contribution < 1.29 is 24.5 Å². The van der Waals surface area contributed by atoms with Gasteiger partial charge in [0.15, 0.2) is 6.10 Å². The molecule has 1 fully saturated rings. The van der Waals surface area contributed by atoms with E-state index in [1.807, 2.05) is 32.0 Å². The van der Waals surface area contributed by atoms with Gasteiger partial charge in [-0.25, -0.2) is 4.79 Å². The highest BCUT2D eigenvalue weighted by molar-refractivity contribution is 5.72. The van der Waals surface area contributed by atoms with Gasteiger partial charge < -0.3 is 19.7 Å². The topological polar surface area (TPSA) is 76.0 Å². The Balaban J connectivity index is 2.05. The fraction of sp³-hybridized carbons (Fsp3) is 0.500. The number of carboxylic acids is 1. The zero-order valence-electron chi connectivity index (χ0n) is 11.0. The summed E-state index contributed by atoms with van der Waals surface area (Å²) >= 11 is 0. The molecule has 1 aliphatic heterocycles. The van der Waals surface area contributed by atoms with Crippen LogP contribution in [0.2, 0.25) is 0 Å². The molecule has 1 heterocycles. The molecule has 0 bridgehead atoms. The van der Waals surface area contributed by atoms with E-state index in [2.05, 4.69) is 0 Å². The molecule has 2 N–H and O–H groups in total. The Bertz CT molecular complexity index is 471. The molecule has 1 aromatic carbocycles. The van der Waals surface area contributed by atoms with Crippen molar-refractivity contribution in [2.24, 2.45) is 0 Å². The molecule has 1 aromatic rings. The largest absolute Gasteiger partial charge is 0.479 e. The van der Waals surface area contributed by atoms with E-state index in [4.69, 9.17) is 14.6 Å². The first-order valence-corrected chi connectivity index (χ1v) is 6.26. The Labute approximate surface area is 111 Å². The number of hydrogen-bond acceptors (Lipinski definition) is 4. The number of carbonyl (C=O) groups is 1. The molecule has 104 valence electrons. The van der Waals surface area contributed by atoms with Gasteiger partial charge in [0.25, 0.3) is 0 Å². The lowest BCUT2D eigenvalue weighted by molar-refractivity contribution is -0.195. The molecule has 0 spiro atoms. The molecule has 0 amide bonds. The summed E-state index contributed by atoms with van der Waals surface area (Å²) in [6, 6.07) is 5.61. The van der Waals surface area contributed by atoms with Crippen molar-refractivity contribution in [2.45, 2.75) is 45.2 Å². The van der Waals surface area contributed by atoms with Crippen molar-refractivity contribution in [1.82, 2.24) is 0 Å². The molecule has 3 unspecified atom stereocenters. The highest BCUT2D eigenvalue weighted by Crippen LogP contribution is 2.24. The number of hydrogen-bond donors (Lipinski definition) is 2. The maximum absolute atomic E-state index is 10.9. The van der Waals surface area contributed by atoms with Crippen LogP contribution in [0.25, 0.3) is 0 Å². The monoisotopic (exact) mass is 266 g/mol. The first kappa shape index (κ1) is 13.8. The summed E-state index contributed by atoms with van der Waals surface area (Å²) < 4.78 is 10.9. The van der Waals surface area contributed by atoms with E-state index in [1.165, 1.54) is 0 Å². The first-order valence-electron chi connectivity index (χ1n) is 6.26. The van der Waals surface area contributed by atoms with Crippen molar-refractivity contribution in [2.75, 3.05) is 0 Å². The third-order valence-corrected chi connectivity index (χ3v) is 3.29. The number of ether oxygens (including phenoxy) is 2. The van der Waals surface area contributed by atoms with Gasteiger partial charge in [-0.2, -0.15) is 0 Å². The van der Waals surface area contributed by atoms with E-state index in [1.54, 1.807) is 0 Å². The summed E-state index contributed by atoms with van der Waals surface area (Å²) in [6.07, 6.45) is -2.09. The Kier molecular flexibility index (Phi) is 4.07. The maximum atomic E-state index is 10.9. The molecule has 0 aliphatic carbocycles. The van der Waals surface area contributed by atoms with Crippen LogP contribution < -0.4 is 4.74 Å². The minimum atomic E-state index is -1.08. The molecule has 5 heteroatoms. The standard InChI is InChI=1S/C14H18O5/c1-8-3-4-11(5-9(8)2)18-13-7-10(15)6-12(19-13)14(16)17/h3-5,10,12-13,15H,6-7H2,1-2H3,(H,16,17). The van der Waals surface area contributed by atoms with Crippen LogP contribution in [0.1, 0.15) is 24.0 Å². The van der Waals surface area contributed by atoms with Gasteiger partial charge >= 0.3 is 5.97 Å². The Morgan fingerprint density at radius 2 is 2.05 bits per heavy atom. The SMILES string of the molecule is Cc1ccc(OC2CC(O)CC(C(=O)O)O2)cc1C. The van der Waals surface area contributed by atoms with E-state index in [9.17, 15) is 9.90 Å². The quantitative estimate of drug-likeness (QED) is 0.869. The normalized spacial score (nSPS) is 27.0. The van der Waals surface area contributed by atoms with Crippen molar-refractivity contribution in [3.8, 4) is 5.75 Å². The summed E-state index contributed by atoms with van der Waals surface area (Å²) in [7, 11) is 0. The predicted octanol–water partition coefficient (Wildman–Crippen LogP) is 1.63. The minimum absolute atomic E-state index is 0.0993. The number of aliphatic hydroxyl groups excluding tert-OH is 1. The van der Waals surface area contributed by atoms with Gasteiger partial charge in [-0.05, 0) is 37.1 Å². The van der Waals surface area contributed by atoms with Crippen LogP contribution in [0.5, 0.6) is 5.75 Å². The van der Waals surface area contributed by atoms with Crippen LogP contribution in [-0.2, 0) is 9.53 Å². The Hall–Kier alpha value is -1.59. The van der Waals surface area contributed by atoms with Gasteiger partial charge in [-0.15, -0.1) is 0 Å². The summed E-state index contributed by atoms with van der Waals surface area (Å²) in [5.41, 5.74) is 2.24. The van der Waals surface area contributed by atoms with Crippen LogP contribution >= 0.6 is 0 Å². The van der Waals surface area contributed by atoms with Gasteiger partial charge in [-0.3, -0.25) is 0 Å². The average molecular weight is 266 g/mol. The summed E-state index contributed by atoms with van der Waals surface area (Å²) in [5.74, 6) is -0.459. The van der Waals surface area contributed by atoms with E-state index in [-0.39, 0.29) is 12.8 Å². The van der Waals surface area contributed by atoms with Gasteiger partial charge in [0.2, 0.25) is 6.29 Å². The molecule has 5 nitrogen and oxygen atoms in total. The third kappa shape index (κ3) is 3.45. The van der Waals surface area contributed by atoms with Gasteiger partial charge in [0.1, 0.15) is 5.75 Å². The molecule has 3 atom stereocenters. The van der Waals surface area contributed by atoms with Crippen molar-refractivity contribution in [3.05, 3.63) is 29.3 Å². The van der Waals surface area contributed by atoms with Crippen molar-refractivity contribution in [1.29, 1.82) is 0 Å². The predicted molar refractivity (Wildman–Crippen MR) is 68.1 cm³/mol. The molecule has 0 saturated carbocycles. The highest BCUT2D eigenvalue weighted by atomic mass is 16.7. The molecular formula is C14H18O5. The molecule has 2 rings (SSSR count). The molecule has 19 heavy (non-hydrogen) atoms. The van der Waals surface area contributed by atoms with Crippen LogP contribution in [0.3, 0.4) is 0 Å². The Morgan fingerprint density at radius 1 is 1.32 bits per heavy atom. The van der Waals surface area contributed by atoms with Crippen LogP contribution in [0, 0.1) is 13.8 Å². The summed E-state index contributed by atoms with van der Waals surface area (Å²) in [4.78, 5) is 10.9. The van der Waals surface area contributed by atoms with Gasteiger partial charge in [0.05, 0.1) is 6.10 Å². The van der Waals surface area contributed by atoms with Gasteiger partial charge in [0, 0.05) is 12.8 Å².